The van der Waals surface area contributed by atoms with E-state index in [9.17, 15) is 9.59 Å². The third-order valence-electron chi connectivity index (χ3n) is 2.29. The van der Waals surface area contributed by atoms with Crippen molar-refractivity contribution in [2.24, 2.45) is 0 Å². The van der Waals surface area contributed by atoms with E-state index in [1.165, 1.54) is 17.2 Å². The van der Waals surface area contributed by atoms with Crippen molar-refractivity contribution < 1.29 is 14.7 Å². The van der Waals surface area contributed by atoms with E-state index in [4.69, 9.17) is 10.8 Å². The van der Waals surface area contributed by atoms with Crippen LogP contribution in [0.3, 0.4) is 0 Å². The number of anilines is 2. The zero-order chi connectivity index (χ0) is 13.7. The van der Waals surface area contributed by atoms with Crippen molar-refractivity contribution in [3.8, 4) is 0 Å². The maximum Gasteiger partial charge on any atom is 0.337 e. The van der Waals surface area contributed by atoms with Crippen LogP contribution in [0.1, 0.15) is 16.8 Å². The Morgan fingerprint density at radius 1 is 1.50 bits per heavy atom. The first-order valence-electron chi connectivity index (χ1n) is 5.34. The van der Waals surface area contributed by atoms with Crippen LogP contribution in [0, 0.1) is 0 Å². The van der Waals surface area contributed by atoms with Crippen molar-refractivity contribution in [2.45, 2.75) is 6.42 Å². The second kappa shape index (κ2) is 5.85. The number of hydrogen-bond acceptors (Lipinski definition) is 5. The first-order valence-corrected chi connectivity index (χ1v) is 5.34. The van der Waals surface area contributed by atoms with E-state index in [0.29, 0.717) is 18.8 Å². The number of carbonyl (C=O) groups excluding carboxylic acids is 1. The summed E-state index contributed by atoms with van der Waals surface area (Å²) in [5.41, 5.74) is 5.92. The smallest absolute Gasteiger partial charge is 0.337 e. The normalized spacial score (nSPS) is 9.89. The van der Waals surface area contributed by atoms with E-state index in [1.807, 2.05) is 0 Å². The van der Waals surface area contributed by atoms with Gasteiger partial charge in [0.25, 0.3) is 0 Å². The molecule has 0 radical (unpaired) electrons. The fraction of sp³-hybridized carbons (Fsp3) is 0.364. The van der Waals surface area contributed by atoms with Crippen molar-refractivity contribution in [1.29, 1.82) is 0 Å². The number of aromatic carboxylic acids is 1. The molecule has 0 aliphatic carbocycles. The Morgan fingerprint density at radius 3 is 2.67 bits per heavy atom. The number of carboxylic acids is 1. The maximum absolute atomic E-state index is 11.3. The number of rotatable bonds is 5. The summed E-state index contributed by atoms with van der Waals surface area (Å²) in [6.07, 6.45) is 1.53. The lowest BCUT2D eigenvalue weighted by Crippen LogP contribution is -2.24. The van der Waals surface area contributed by atoms with E-state index in [1.54, 1.807) is 14.1 Å². The van der Waals surface area contributed by atoms with E-state index >= 15 is 0 Å². The zero-order valence-corrected chi connectivity index (χ0v) is 10.3. The Morgan fingerprint density at radius 2 is 2.17 bits per heavy atom. The van der Waals surface area contributed by atoms with Crippen LogP contribution in [0.5, 0.6) is 0 Å². The van der Waals surface area contributed by atoms with Crippen LogP contribution in [-0.4, -0.2) is 47.5 Å². The summed E-state index contributed by atoms with van der Waals surface area (Å²) in [6.45, 7) is 0.390. The molecule has 0 aliphatic rings. The van der Waals surface area contributed by atoms with Crippen molar-refractivity contribution in [1.82, 2.24) is 9.88 Å². The molecule has 0 saturated carbocycles. The largest absolute Gasteiger partial charge is 0.478 e. The molecule has 1 aromatic heterocycles. The Bertz CT molecular complexity index is 460. The van der Waals surface area contributed by atoms with Gasteiger partial charge in [-0.15, -0.1) is 0 Å². The summed E-state index contributed by atoms with van der Waals surface area (Å²) in [7, 11) is 3.35. The van der Waals surface area contributed by atoms with Gasteiger partial charge in [0.15, 0.2) is 0 Å². The summed E-state index contributed by atoms with van der Waals surface area (Å²) in [5.74, 6) is -0.710. The molecule has 1 rings (SSSR count). The number of nitrogens with one attached hydrogen (secondary N) is 1. The molecule has 0 aliphatic heterocycles. The number of carboxylic acid groups (broad SMARTS) is 1. The molecule has 0 atom stereocenters. The quantitative estimate of drug-likeness (QED) is 0.693. The van der Waals surface area contributed by atoms with Gasteiger partial charge in [-0.05, 0) is 6.07 Å². The number of aromatic nitrogens is 1. The van der Waals surface area contributed by atoms with Crippen LogP contribution in [-0.2, 0) is 4.79 Å². The van der Waals surface area contributed by atoms with Gasteiger partial charge >= 0.3 is 5.97 Å². The standard InChI is InChI=1S/C11H16N4O3/c1-15(2)9(16)3-4-13-10-8(12)5-7(6-14-10)11(17)18/h5-6H,3-4,12H2,1-2H3,(H,13,14)(H,17,18). The summed E-state index contributed by atoms with van der Waals surface area (Å²) in [4.78, 5) is 27.4. The second-order valence-electron chi connectivity index (χ2n) is 3.93. The first kappa shape index (κ1) is 13.8. The van der Waals surface area contributed by atoms with Gasteiger partial charge in [-0.1, -0.05) is 0 Å². The highest BCUT2D eigenvalue weighted by molar-refractivity contribution is 5.89. The van der Waals surface area contributed by atoms with Gasteiger partial charge in [-0.3, -0.25) is 4.79 Å². The highest BCUT2D eigenvalue weighted by Crippen LogP contribution is 2.16. The van der Waals surface area contributed by atoms with Crippen LogP contribution >= 0.6 is 0 Å². The molecule has 1 aromatic rings. The predicted molar refractivity (Wildman–Crippen MR) is 67.4 cm³/mol. The lowest BCUT2D eigenvalue weighted by Gasteiger charge is -2.11. The van der Waals surface area contributed by atoms with Gasteiger partial charge in [0.1, 0.15) is 5.82 Å². The van der Waals surface area contributed by atoms with Gasteiger partial charge in [0, 0.05) is 33.3 Å². The molecule has 0 unspecified atom stereocenters. The van der Waals surface area contributed by atoms with Gasteiger partial charge in [-0.25, -0.2) is 9.78 Å². The average Bonchev–Trinajstić information content (AvgIpc) is 2.30. The predicted octanol–water partition coefficient (Wildman–Crippen LogP) is 0.252. The van der Waals surface area contributed by atoms with E-state index in [0.717, 1.165) is 0 Å². The molecular weight excluding hydrogens is 236 g/mol. The van der Waals surface area contributed by atoms with E-state index < -0.39 is 5.97 Å². The number of nitrogen functional groups attached to an aromatic ring is 1. The summed E-state index contributed by atoms with van der Waals surface area (Å²) >= 11 is 0. The summed E-state index contributed by atoms with van der Waals surface area (Å²) < 4.78 is 0. The Kier molecular flexibility index (Phi) is 4.47. The lowest BCUT2D eigenvalue weighted by atomic mass is 10.2. The van der Waals surface area contributed by atoms with Crippen molar-refractivity contribution >= 4 is 23.4 Å². The topological polar surface area (TPSA) is 109 Å². The molecule has 0 saturated heterocycles. The minimum absolute atomic E-state index is 0.0109. The minimum atomic E-state index is -1.08. The number of nitrogens with zero attached hydrogens (tertiary/aromatic N) is 2. The Hall–Kier alpha value is -2.31. The SMILES string of the molecule is CN(C)C(=O)CCNc1ncc(C(=O)O)cc1N. The highest BCUT2D eigenvalue weighted by atomic mass is 16.4. The molecule has 1 heterocycles. The molecule has 4 N–H and O–H groups in total. The summed E-state index contributed by atoms with van der Waals surface area (Å²) in [5, 5.41) is 11.6. The molecule has 98 valence electrons. The average molecular weight is 252 g/mol. The van der Waals surface area contributed by atoms with Crippen LogP contribution in [0.2, 0.25) is 0 Å². The van der Waals surface area contributed by atoms with Gasteiger partial charge in [0.2, 0.25) is 5.91 Å². The summed E-state index contributed by atoms with van der Waals surface area (Å²) in [6, 6.07) is 1.32. The van der Waals surface area contributed by atoms with Crippen LogP contribution < -0.4 is 11.1 Å². The minimum Gasteiger partial charge on any atom is -0.478 e. The molecular formula is C11H16N4O3. The molecule has 7 heteroatoms. The monoisotopic (exact) mass is 252 g/mol. The van der Waals surface area contributed by atoms with Crippen LogP contribution in [0.25, 0.3) is 0 Å². The van der Waals surface area contributed by atoms with Gasteiger partial charge < -0.3 is 21.1 Å². The van der Waals surface area contributed by atoms with Crippen LogP contribution in [0.15, 0.2) is 12.3 Å². The van der Waals surface area contributed by atoms with E-state index in [2.05, 4.69) is 10.3 Å². The number of pyridine rings is 1. The molecule has 1 amide bonds. The van der Waals surface area contributed by atoms with Crippen molar-refractivity contribution in [3.63, 3.8) is 0 Å². The van der Waals surface area contributed by atoms with Gasteiger partial charge in [0.05, 0.1) is 11.3 Å². The maximum atomic E-state index is 11.3. The van der Waals surface area contributed by atoms with Crippen molar-refractivity contribution in [3.05, 3.63) is 17.8 Å². The molecule has 18 heavy (non-hydrogen) atoms. The zero-order valence-electron chi connectivity index (χ0n) is 10.3. The molecule has 0 spiro atoms. The third kappa shape index (κ3) is 3.62. The molecule has 0 fully saturated rings. The van der Waals surface area contributed by atoms with E-state index in [-0.39, 0.29) is 17.2 Å². The molecule has 7 nitrogen and oxygen atoms in total. The fourth-order valence-electron chi connectivity index (χ4n) is 1.26. The number of nitrogens with two attached hydrogens (primary N) is 1. The van der Waals surface area contributed by atoms with Gasteiger partial charge in [-0.2, -0.15) is 0 Å². The second-order valence-corrected chi connectivity index (χ2v) is 3.93. The van der Waals surface area contributed by atoms with Crippen molar-refractivity contribution in [2.75, 3.05) is 31.7 Å². The fourth-order valence-corrected chi connectivity index (χ4v) is 1.26. The Labute approximate surface area is 105 Å². The van der Waals surface area contributed by atoms with Crippen LogP contribution in [0.4, 0.5) is 11.5 Å². The number of hydrogen-bond donors (Lipinski definition) is 3. The number of carbonyl (C=O) groups is 2. The Balaban J connectivity index is 2.58. The molecule has 0 aromatic carbocycles. The number of amides is 1. The first-order chi connectivity index (χ1) is 8.41. The molecule has 0 bridgehead atoms. The third-order valence-corrected chi connectivity index (χ3v) is 2.29. The highest BCUT2D eigenvalue weighted by Gasteiger charge is 2.08. The lowest BCUT2D eigenvalue weighted by molar-refractivity contribution is -0.128.